The van der Waals surface area contributed by atoms with E-state index < -0.39 is 5.82 Å². The zero-order chi connectivity index (χ0) is 14.5. The van der Waals surface area contributed by atoms with Gasteiger partial charge in [0.15, 0.2) is 11.6 Å². The van der Waals surface area contributed by atoms with Gasteiger partial charge in [-0.15, -0.1) is 11.6 Å². The standard InChI is InChI=1S/C16H13ClFNO/c1-11-6-13(9-19)2-4-14(11)10-20-16-5-3-12(8-17)7-15(16)18/h2-7H,8,10H2,1H3. The summed E-state index contributed by atoms with van der Waals surface area (Å²) in [5.74, 6) is 0.0448. The number of benzene rings is 2. The Labute approximate surface area is 122 Å². The summed E-state index contributed by atoms with van der Waals surface area (Å²) in [7, 11) is 0. The van der Waals surface area contributed by atoms with E-state index in [0.717, 1.165) is 11.1 Å². The van der Waals surface area contributed by atoms with Crippen LogP contribution < -0.4 is 4.74 Å². The van der Waals surface area contributed by atoms with Crippen LogP contribution in [-0.4, -0.2) is 0 Å². The average Bonchev–Trinajstić information content (AvgIpc) is 2.46. The second-order valence-electron chi connectivity index (χ2n) is 4.44. The molecule has 0 aliphatic heterocycles. The van der Waals surface area contributed by atoms with Crippen LogP contribution in [0.5, 0.6) is 5.75 Å². The zero-order valence-electron chi connectivity index (χ0n) is 11.0. The second-order valence-corrected chi connectivity index (χ2v) is 4.71. The van der Waals surface area contributed by atoms with E-state index in [1.165, 1.54) is 6.07 Å². The fourth-order valence-corrected chi connectivity index (χ4v) is 1.99. The number of nitrogens with zero attached hydrogens (tertiary/aromatic N) is 1. The van der Waals surface area contributed by atoms with Gasteiger partial charge in [-0.2, -0.15) is 5.26 Å². The summed E-state index contributed by atoms with van der Waals surface area (Å²) in [6, 6.07) is 12.1. The Morgan fingerprint density at radius 1 is 1.25 bits per heavy atom. The molecule has 0 heterocycles. The van der Waals surface area contributed by atoms with Gasteiger partial charge in [0.25, 0.3) is 0 Å². The maximum Gasteiger partial charge on any atom is 0.165 e. The summed E-state index contributed by atoms with van der Waals surface area (Å²) in [6.45, 7) is 2.15. The Hall–Kier alpha value is -2.05. The third-order valence-corrected chi connectivity index (χ3v) is 3.31. The van der Waals surface area contributed by atoms with Crippen molar-refractivity contribution in [2.45, 2.75) is 19.4 Å². The summed E-state index contributed by atoms with van der Waals surface area (Å²) in [5, 5.41) is 8.80. The van der Waals surface area contributed by atoms with E-state index in [9.17, 15) is 4.39 Å². The molecule has 0 radical (unpaired) electrons. The van der Waals surface area contributed by atoms with Gasteiger partial charge in [0.2, 0.25) is 0 Å². The summed E-state index contributed by atoms with van der Waals surface area (Å²) in [6.07, 6.45) is 0. The minimum atomic E-state index is -0.422. The largest absolute Gasteiger partial charge is 0.486 e. The first-order chi connectivity index (χ1) is 9.63. The Morgan fingerprint density at radius 3 is 2.65 bits per heavy atom. The van der Waals surface area contributed by atoms with Crippen molar-refractivity contribution >= 4 is 11.6 Å². The van der Waals surface area contributed by atoms with Crippen molar-refractivity contribution in [3.63, 3.8) is 0 Å². The Bertz CT molecular complexity index is 664. The molecule has 0 aromatic heterocycles. The number of aryl methyl sites for hydroxylation is 1. The molecule has 0 bridgehead atoms. The van der Waals surface area contributed by atoms with Crippen molar-refractivity contribution < 1.29 is 9.13 Å². The molecule has 2 aromatic carbocycles. The maximum atomic E-state index is 13.7. The number of hydrogen-bond donors (Lipinski definition) is 0. The second kappa shape index (κ2) is 6.40. The Kier molecular flexibility index (Phi) is 4.60. The van der Waals surface area contributed by atoms with E-state index in [-0.39, 0.29) is 18.2 Å². The van der Waals surface area contributed by atoms with E-state index in [2.05, 4.69) is 6.07 Å². The van der Waals surface area contributed by atoms with Crippen molar-refractivity contribution in [3.05, 3.63) is 64.5 Å². The van der Waals surface area contributed by atoms with Gasteiger partial charge in [-0.05, 0) is 47.9 Å². The maximum absolute atomic E-state index is 13.7. The SMILES string of the molecule is Cc1cc(C#N)ccc1COc1ccc(CCl)cc1F. The van der Waals surface area contributed by atoms with Crippen LogP contribution in [0, 0.1) is 24.1 Å². The van der Waals surface area contributed by atoms with Crippen LogP contribution in [0.25, 0.3) is 0 Å². The number of ether oxygens (including phenoxy) is 1. The Morgan fingerprint density at radius 2 is 2.05 bits per heavy atom. The van der Waals surface area contributed by atoms with Crippen molar-refractivity contribution in [2.24, 2.45) is 0 Å². The molecule has 0 fully saturated rings. The first kappa shape index (κ1) is 14.4. The molecule has 0 aliphatic rings. The van der Waals surface area contributed by atoms with Gasteiger partial charge < -0.3 is 4.74 Å². The third-order valence-electron chi connectivity index (χ3n) is 3.01. The fraction of sp³-hybridized carbons (Fsp3) is 0.188. The molecule has 2 rings (SSSR count). The summed E-state index contributed by atoms with van der Waals surface area (Å²) in [5.41, 5.74) is 3.18. The molecule has 2 nitrogen and oxygen atoms in total. The lowest BCUT2D eigenvalue weighted by Gasteiger charge is -2.10. The van der Waals surface area contributed by atoms with Gasteiger partial charge in [-0.25, -0.2) is 4.39 Å². The molecule has 20 heavy (non-hydrogen) atoms. The number of rotatable bonds is 4. The van der Waals surface area contributed by atoms with Crippen LogP contribution in [-0.2, 0) is 12.5 Å². The van der Waals surface area contributed by atoms with Gasteiger partial charge in [0, 0.05) is 5.88 Å². The van der Waals surface area contributed by atoms with Crippen LogP contribution in [0.15, 0.2) is 36.4 Å². The predicted molar refractivity (Wildman–Crippen MR) is 76.2 cm³/mol. The third kappa shape index (κ3) is 3.28. The van der Waals surface area contributed by atoms with Gasteiger partial charge in [-0.3, -0.25) is 0 Å². The minimum Gasteiger partial charge on any atom is -0.486 e. The molecule has 0 spiro atoms. The molecule has 0 N–H and O–H groups in total. The zero-order valence-corrected chi connectivity index (χ0v) is 11.7. The summed E-state index contributed by atoms with van der Waals surface area (Å²) in [4.78, 5) is 0. The molecular weight excluding hydrogens is 277 g/mol. The molecule has 0 amide bonds. The van der Waals surface area contributed by atoms with Gasteiger partial charge in [-0.1, -0.05) is 12.1 Å². The predicted octanol–water partition coefficient (Wildman–Crippen LogP) is 4.32. The molecule has 102 valence electrons. The fourth-order valence-electron chi connectivity index (χ4n) is 1.83. The molecule has 2 aromatic rings. The number of hydrogen-bond acceptors (Lipinski definition) is 2. The monoisotopic (exact) mass is 289 g/mol. The lowest BCUT2D eigenvalue weighted by atomic mass is 10.1. The quantitative estimate of drug-likeness (QED) is 0.785. The average molecular weight is 290 g/mol. The van der Waals surface area contributed by atoms with E-state index in [1.54, 1.807) is 24.3 Å². The van der Waals surface area contributed by atoms with Crippen LogP contribution in [0.4, 0.5) is 4.39 Å². The Balaban J connectivity index is 2.11. The van der Waals surface area contributed by atoms with E-state index >= 15 is 0 Å². The van der Waals surface area contributed by atoms with Crippen molar-refractivity contribution in [1.82, 2.24) is 0 Å². The molecule has 4 heteroatoms. The van der Waals surface area contributed by atoms with Gasteiger partial charge >= 0.3 is 0 Å². The highest BCUT2D eigenvalue weighted by Crippen LogP contribution is 2.21. The molecule has 0 atom stereocenters. The van der Waals surface area contributed by atoms with Crippen LogP contribution in [0.3, 0.4) is 0 Å². The molecule has 0 saturated heterocycles. The topological polar surface area (TPSA) is 33.0 Å². The first-order valence-electron chi connectivity index (χ1n) is 6.11. The van der Waals surface area contributed by atoms with Crippen LogP contribution in [0.2, 0.25) is 0 Å². The van der Waals surface area contributed by atoms with E-state index in [1.807, 2.05) is 13.0 Å². The highest BCUT2D eigenvalue weighted by Gasteiger charge is 2.06. The lowest BCUT2D eigenvalue weighted by molar-refractivity contribution is 0.289. The summed E-state index contributed by atoms with van der Waals surface area (Å²) >= 11 is 5.64. The lowest BCUT2D eigenvalue weighted by Crippen LogP contribution is -2.00. The van der Waals surface area contributed by atoms with Gasteiger partial charge in [0.05, 0.1) is 11.6 Å². The number of nitriles is 1. The number of halogens is 2. The van der Waals surface area contributed by atoms with Crippen molar-refractivity contribution in [3.8, 4) is 11.8 Å². The van der Waals surface area contributed by atoms with Gasteiger partial charge in [0.1, 0.15) is 6.61 Å². The highest BCUT2D eigenvalue weighted by molar-refractivity contribution is 6.17. The van der Waals surface area contributed by atoms with Crippen LogP contribution in [0.1, 0.15) is 22.3 Å². The molecular formula is C16H13ClFNO. The van der Waals surface area contributed by atoms with Crippen molar-refractivity contribution in [2.75, 3.05) is 0 Å². The van der Waals surface area contributed by atoms with Crippen LogP contribution >= 0.6 is 11.6 Å². The normalized spacial score (nSPS) is 10.1. The minimum absolute atomic E-state index is 0.197. The molecule has 0 unspecified atom stereocenters. The molecule has 0 aliphatic carbocycles. The highest BCUT2D eigenvalue weighted by atomic mass is 35.5. The molecule has 0 saturated carbocycles. The summed E-state index contributed by atoms with van der Waals surface area (Å²) < 4.78 is 19.2. The number of alkyl halides is 1. The van der Waals surface area contributed by atoms with Crippen molar-refractivity contribution in [1.29, 1.82) is 5.26 Å². The smallest absolute Gasteiger partial charge is 0.165 e. The van der Waals surface area contributed by atoms with E-state index in [4.69, 9.17) is 21.6 Å². The van der Waals surface area contributed by atoms with E-state index in [0.29, 0.717) is 11.1 Å². The first-order valence-corrected chi connectivity index (χ1v) is 6.64.